The number of carbonyl (C=O) groups excluding carboxylic acids is 1. The summed E-state index contributed by atoms with van der Waals surface area (Å²) in [7, 11) is 0. The summed E-state index contributed by atoms with van der Waals surface area (Å²) in [4.78, 5) is 15.0. The van der Waals surface area contributed by atoms with Crippen LogP contribution in [0.2, 0.25) is 15.1 Å². The lowest BCUT2D eigenvalue weighted by molar-refractivity contribution is 0.101. The molecule has 1 N–H and O–H groups in total. The van der Waals surface area contributed by atoms with Gasteiger partial charge in [0.25, 0.3) is 0 Å². The van der Waals surface area contributed by atoms with E-state index < -0.39 is 0 Å². The molecule has 3 rings (SSSR count). The van der Waals surface area contributed by atoms with Crippen LogP contribution in [-0.2, 0) is 6.42 Å². The van der Waals surface area contributed by atoms with Gasteiger partial charge in [-0.15, -0.1) is 0 Å². The third-order valence-electron chi connectivity index (χ3n) is 3.64. The number of carbonyl (C=O) groups is 1. The molecule has 0 aliphatic heterocycles. The minimum Gasteiger partial charge on any atom is -0.358 e. The molecule has 6 heteroatoms. The molecule has 1 aromatic heterocycles. The van der Waals surface area contributed by atoms with E-state index in [0.717, 1.165) is 26.6 Å². The van der Waals surface area contributed by atoms with Crippen LogP contribution in [-0.4, -0.2) is 10.8 Å². The second kappa shape index (κ2) is 6.48. The van der Waals surface area contributed by atoms with Crippen molar-refractivity contribution in [3.63, 3.8) is 0 Å². The van der Waals surface area contributed by atoms with Crippen molar-refractivity contribution in [3.8, 4) is 0 Å². The molecule has 0 radical (unpaired) electrons. The maximum absolute atomic E-state index is 11.6. The van der Waals surface area contributed by atoms with Gasteiger partial charge in [0.15, 0.2) is 5.78 Å². The molecule has 0 amide bonds. The van der Waals surface area contributed by atoms with Crippen molar-refractivity contribution in [1.82, 2.24) is 4.98 Å². The van der Waals surface area contributed by atoms with Gasteiger partial charge in [0.2, 0.25) is 0 Å². The maximum Gasteiger partial charge on any atom is 0.161 e. The fourth-order valence-corrected chi connectivity index (χ4v) is 4.04. The molecule has 0 unspecified atom stereocenters. The van der Waals surface area contributed by atoms with Gasteiger partial charge >= 0.3 is 0 Å². The molecular formula is C17H11BrCl3NO. The van der Waals surface area contributed by atoms with E-state index in [-0.39, 0.29) is 5.78 Å². The molecule has 0 fully saturated rings. The van der Waals surface area contributed by atoms with Gasteiger partial charge in [-0.2, -0.15) is 0 Å². The van der Waals surface area contributed by atoms with Gasteiger partial charge < -0.3 is 4.98 Å². The van der Waals surface area contributed by atoms with Gasteiger partial charge in [0, 0.05) is 38.1 Å². The molecule has 0 spiro atoms. The van der Waals surface area contributed by atoms with Crippen LogP contribution in [0.3, 0.4) is 0 Å². The highest BCUT2D eigenvalue weighted by molar-refractivity contribution is 9.10. The largest absolute Gasteiger partial charge is 0.358 e. The summed E-state index contributed by atoms with van der Waals surface area (Å²) < 4.78 is 0.901. The number of aromatic amines is 1. The van der Waals surface area contributed by atoms with Gasteiger partial charge in [-0.1, -0.05) is 50.7 Å². The molecule has 2 aromatic carbocycles. The average Bonchev–Trinajstić information content (AvgIpc) is 2.86. The molecule has 1 heterocycles. The molecule has 118 valence electrons. The number of Topliss-reactive ketones (excluding diaryl/α,β-unsaturated/α-hetero) is 1. The summed E-state index contributed by atoms with van der Waals surface area (Å²) in [5.41, 5.74) is 3.05. The van der Waals surface area contributed by atoms with Gasteiger partial charge in [-0.25, -0.2) is 0 Å². The van der Waals surface area contributed by atoms with Gasteiger partial charge in [0.05, 0.1) is 10.0 Å². The van der Waals surface area contributed by atoms with Gasteiger partial charge in [-0.05, 0) is 42.8 Å². The average molecular weight is 432 g/mol. The van der Waals surface area contributed by atoms with Crippen molar-refractivity contribution in [1.29, 1.82) is 0 Å². The minimum absolute atomic E-state index is 0.0865. The number of aromatic nitrogens is 1. The first-order valence-corrected chi connectivity index (χ1v) is 8.74. The number of benzene rings is 2. The molecule has 2 nitrogen and oxygen atoms in total. The predicted molar refractivity (Wildman–Crippen MR) is 100 cm³/mol. The summed E-state index contributed by atoms with van der Waals surface area (Å²) in [5, 5.41) is 2.52. The topological polar surface area (TPSA) is 32.9 Å². The second-order valence-electron chi connectivity index (χ2n) is 5.26. The van der Waals surface area contributed by atoms with Crippen LogP contribution in [0.25, 0.3) is 10.9 Å². The standard InChI is InChI=1S/C17H11BrCl3NO/c1-8(23)11-2-3-14(19)13(17(11)21)7-10-6-12-15(20)4-9(18)5-16(12)22-10/h2-6,22H,7H2,1H3. The van der Waals surface area contributed by atoms with Crippen molar-refractivity contribution in [2.75, 3.05) is 0 Å². The molecule has 0 aliphatic carbocycles. The molecular weight excluding hydrogens is 420 g/mol. The highest BCUT2D eigenvalue weighted by Gasteiger charge is 2.15. The lowest BCUT2D eigenvalue weighted by atomic mass is 10.0. The zero-order valence-electron chi connectivity index (χ0n) is 12.0. The van der Waals surface area contributed by atoms with E-state index in [0.29, 0.717) is 27.1 Å². The summed E-state index contributed by atoms with van der Waals surface area (Å²) in [6, 6.07) is 9.12. The van der Waals surface area contributed by atoms with Crippen molar-refractivity contribution in [2.45, 2.75) is 13.3 Å². The Morgan fingerprint density at radius 2 is 1.87 bits per heavy atom. The van der Waals surface area contributed by atoms with E-state index in [2.05, 4.69) is 20.9 Å². The lowest BCUT2D eigenvalue weighted by Crippen LogP contribution is -1.99. The third kappa shape index (κ3) is 3.29. The number of H-pyrrole nitrogens is 1. The van der Waals surface area contributed by atoms with Crippen molar-refractivity contribution in [3.05, 3.63) is 66.7 Å². The number of fused-ring (bicyclic) bond motifs is 1. The zero-order valence-corrected chi connectivity index (χ0v) is 15.9. The Kier molecular flexibility index (Phi) is 4.75. The number of rotatable bonds is 3. The van der Waals surface area contributed by atoms with E-state index in [1.165, 1.54) is 6.92 Å². The Morgan fingerprint density at radius 3 is 2.57 bits per heavy atom. The summed E-state index contributed by atoms with van der Waals surface area (Å²) in [6.45, 7) is 1.49. The Hall–Kier alpha value is -1.000. The predicted octanol–water partition coefficient (Wildman–Crippen LogP) is 6.68. The van der Waals surface area contributed by atoms with Crippen LogP contribution in [0, 0.1) is 0 Å². The smallest absolute Gasteiger partial charge is 0.161 e. The first kappa shape index (κ1) is 16.8. The Bertz CT molecular complexity index is 933. The fraction of sp³-hybridized carbons (Fsp3) is 0.118. The van der Waals surface area contributed by atoms with Crippen LogP contribution in [0.4, 0.5) is 0 Å². The van der Waals surface area contributed by atoms with Crippen molar-refractivity contribution >= 4 is 67.4 Å². The Labute approximate surface area is 156 Å². The van der Waals surface area contributed by atoms with E-state index in [4.69, 9.17) is 34.8 Å². The third-order valence-corrected chi connectivity index (χ3v) is 5.20. The van der Waals surface area contributed by atoms with E-state index >= 15 is 0 Å². The first-order chi connectivity index (χ1) is 10.9. The first-order valence-electron chi connectivity index (χ1n) is 6.81. The van der Waals surface area contributed by atoms with Crippen LogP contribution in [0.15, 0.2) is 34.8 Å². The highest BCUT2D eigenvalue weighted by Crippen LogP contribution is 2.33. The van der Waals surface area contributed by atoms with Gasteiger partial charge in [-0.3, -0.25) is 4.79 Å². The summed E-state index contributed by atoms with van der Waals surface area (Å²) in [6.07, 6.45) is 0.488. The molecule has 0 bridgehead atoms. The molecule has 3 aromatic rings. The highest BCUT2D eigenvalue weighted by atomic mass is 79.9. The molecule has 0 atom stereocenters. The van der Waals surface area contributed by atoms with Crippen LogP contribution < -0.4 is 0 Å². The fourth-order valence-electron chi connectivity index (χ4n) is 2.54. The van der Waals surface area contributed by atoms with E-state index in [1.807, 2.05) is 18.2 Å². The summed E-state index contributed by atoms with van der Waals surface area (Å²) >= 11 is 22.3. The van der Waals surface area contributed by atoms with Crippen LogP contribution in [0.1, 0.15) is 28.5 Å². The summed E-state index contributed by atoms with van der Waals surface area (Å²) in [5.74, 6) is -0.0865. The van der Waals surface area contributed by atoms with Crippen molar-refractivity contribution < 1.29 is 4.79 Å². The van der Waals surface area contributed by atoms with E-state index in [1.54, 1.807) is 12.1 Å². The Morgan fingerprint density at radius 1 is 1.13 bits per heavy atom. The second-order valence-corrected chi connectivity index (χ2v) is 7.37. The van der Waals surface area contributed by atoms with Crippen molar-refractivity contribution in [2.24, 2.45) is 0 Å². The number of nitrogens with one attached hydrogen (secondary N) is 1. The monoisotopic (exact) mass is 429 g/mol. The number of hydrogen-bond acceptors (Lipinski definition) is 1. The van der Waals surface area contributed by atoms with E-state index in [9.17, 15) is 4.79 Å². The molecule has 0 saturated heterocycles. The van der Waals surface area contributed by atoms with Gasteiger partial charge in [0.1, 0.15) is 0 Å². The zero-order chi connectivity index (χ0) is 16.7. The Balaban J connectivity index is 2.07. The van der Waals surface area contributed by atoms with Crippen LogP contribution in [0.5, 0.6) is 0 Å². The molecule has 0 saturated carbocycles. The number of ketones is 1. The number of hydrogen-bond donors (Lipinski definition) is 1. The lowest BCUT2D eigenvalue weighted by Gasteiger charge is -2.09. The maximum atomic E-state index is 11.6. The van der Waals surface area contributed by atoms with Crippen LogP contribution >= 0.6 is 50.7 Å². The molecule has 0 aliphatic rings. The normalized spacial score (nSPS) is 11.2. The number of halogens is 4. The minimum atomic E-state index is -0.0865. The molecule has 23 heavy (non-hydrogen) atoms. The quantitative estimate of drug-likeness (QED) is 0.461. The SMILES string of the molecule is CC(=O)c1ccc(Cl)c(Cc2cc3c(Cl)cc(Br)cc3[nH]2)c1Cl.